The van der Waals surface area contributed by atoms with Gasteiger partial charge in [0.05, 0.1) is 53.3 Å². The van der Waals surface area contributed by atoms with Crippen LogP contribution in [0.3, 0.4) is 0 Å². The molecular formula is C27H28N2O5S4. The fraction of sp³-hybridized carbons (Fsp3) is 0.259. The summed E-state index contributed by atoms with van der Waals surface area (Å²) >= 11 is 7.12. The molecule has 11 heteroatoms. The Morgan fingerprint density at radius 2 is 1.58 bits per heavy atom. The highest BCUT2D eigenvalue weighted by Crippen LogP contribution is 2.55. The lowest BCUT2D eigenvalue weighted by Crippen LogP contribution is -2.19. The van der Waals surface area contributed by atoms with Gasteiger partial charge >= 0.3 is 0 Å². The smallest absolute Gasteiger partial charge is 0.275 e. The van der Waals surface area contributed by atoms with Gasteiger partial charge in [0.25, 0.3) is 5.91 Å². The van der Waals surface area contributed by atoms with Crippen molar-refractivity contribution in [2.24, 2.45) is 5.10 Å². The Bertz CT molecular complexity index is 1190. The topological polar surface area (TPSA) is 78.4 Å². The lowest BCUT2D eigenvalue weighted by atomic mass is 10.1. The summed E-state index contributed by atoms with van der Waals surface area (Å²) < 4.78 is 24.2. The number of nitrogens with zero attached hydrogens (tertiary/aromatic N) is 1. The third-order valence-corrected chi connectivity index (χ3v) is 10.1. The van der Waals surface area contributed by atoms with E-state index in [9.17, 15) is 4.79 Å². The van der Waals surface area contributed by atoms with Crippen molar-refractivity contribution in [3.8, 4) is 5.75 Å². The molecule has 2 aliphatic heterocycles. The monoisotopic (exact) mass is 588 g/mol. The van der Waals surface area contributed by atoms with E-state index in [-0.39, 0.29) is 5.91 Å². The zero-order chi connectivity index (χ0) is 26.4. The van der Waals surface area contributed by atoms with Gasteiger partial charge in [0.1, 0.15) is 12.4 Å². The standard InChI is InChI=1S/C27H28N2O5S4/c1-31-10-11-32-12-13-33-14-15-34-23-5-3-2-4-22(23)25(30)29-28-18-20-6-8-21(9-7-20)24-19-37-27(38-24)26-35-16-17-36-26/h2-9,16-19H,10-15H2,1H3,(H,29,30)/b28-18+. The molecule has 2 aromatic rings. The predicted molar refractivity (Wildman–Crippen MR) is 161 cm³/mol. The van der Waals surface area contributed by atoms with E-state index < -0.39 is 0 Å². The van der Waals surface area contributed by atoms with Crippen molar-refractivity contribution < 1.29 is 23.7 Å². The van der Waals surface area contributed by atoms with Crippen LogP contribution < -0.4 is 10.2 Å². The Kier molecular flexibility index (Phi) is 12.2. The van der Waals surface area contributed by atoms with Gasteiger partial charge in [-0.05, 0) is 39.5 Å². The minimum absolute atomic E-state index is 0.318. The van der Waals surface area contributed by atoms with Gasteiger partial charge in [-0.15, -0.1) is 0 Å². The molecule has 0 unspecified atom stereocenters. The number of carbonyl (C=O) groups is 1. The highest BCUT2D eigenvalue weighted by molar-refractivity contribution is 8.35. The molecular weight excluding hydrogens is 561 g/mol. The van der Waals surface area contributed by atoms with Crippen LogP contribution in [0.25, 0.3) is 4.91 Å². The number of hydrazone groups is 1. The van der Waals surface area contributed by atoms with Gasteiger partial charge < -0.3 is 18.9 Å². The molecule has 200 valence electrons. The van der Waals surface area contributed by atoms with E-state index in [1.54, 1.807) is 78.6 Å². The van der Waals surface area contributed by atoms with E-state index in [4.69, 9.17) is 18.9 Å². The van der Waals surface area contributed by atoms with Crippen molar-refractivity contribution in [1.82, 2.24) is 5.43 Å². The molecule has 4 rings (SSSR count). The summed E-state index contributed by atoms with van der Waals surface area (Å²) in [6, 6.07) is 15.2. The molecule has 1 N–H and O–H groups in total. The number of ether oxygens (including phenoxy) is 4. The largest absolute Gasteiger partial charge is 0.490 e. The third-order valence-electron chi connectivity index (χ3n) is 5.04. The van der Waals surface area contributed by atoms with Crippen molar-refractivity contribution in [1.29, 1.82) is 0 Å². The SMILES string of the molecule is COCCOCCOCCOc1ccccc1C(=O)N/N=C/c1ccc(C2=CSC(=C3SC=CS3)S2)cc1. The molecule has 2 aromatic carbocycles. The maximum Gasteiger partial charge on any atom is 0.275 e. The maximum atomic E-state index is 12.7. The molecule has 0 bridgehead atoms. The van der Waals surface area contributed by atoms with Crippen molar-refractivity contribution in [3.63, 3.8) is 0 Å². The normalized spacial score (nSPS) is 14.9. The summed E-state index contributed by atoms with van der Waals surface area (Å²) in [5, 5.41) is 10.6. The maximum absolute atomic E-state index is 12.7. The number of methoxy groups -OCH3 is 1. The van der Waals surface area contributed by atoms with E-state index in [0.29, 0.717) is 51.0 Å². The summed E-state index contributed by atoms with van der Waals surface area (Å²) in [6.07, 6.45) is 1.63. The third kappa shape index (κ3) is 8.98. The Hall–Kier alpha value is -2.12. The highest BCUT2D eigenvalue weighted by Gasteiger charge is 2.19. The summed E-state index contributed by atoms with van der Waals surface area (Å²) in [6.45, 7) is 2.77. The number of benzene rings is 2. The second-order valence-corrected chi connectivity index (χ2v) is 11.9. The van der Waals surface area contributed by atoms with Crippen LogP contribution in [-0.2, 0) is 14.2 Å². The second kappa shape index (κ2) is 16.1. The van der Waals surface area contributed by atoms with Gasteiger partial charge in [-0.1, -0.05) is 83.4 Å². The first kappa shape index (κ1) is 28.9. The van der Waals surface area contributed by atoms with E-state index in [1.165, 1.54) is 13.4 Å². The van der Waals surface area contributed by atoms with Gasteiger partial charge in [-0.2, -0.15) is 5.10 Å². The molecule has 1 amide bonds. The van der Waals surface area contributed by atoms with Crippen LogP contribution >= 0.6 is 47.0 Å². The summed E-state index contributed by atoms with van der Waals surface area (Å²) in [5.74, 6) is 0.132. The number of thioether (sulfide) groups is 4. The van der Waals surface area contributed by atoms with Crippen LogP contribution in [0.15, 0.2) is 78.3 Å². The van der Waals surface area contributed by atoms with E-state index in [1.807, 2.05) is 18.2 Å². The molecule has 0 atom stereocenters. The Morgan fingerprint density at radius 1 is 0.868 bits per heavy atom. The zero-order valence-electron chi connectivity index (χ0n) is 20.8. The van der Waals surface area contributed by atoms with Crippen LogP contribution in [-0.4, -0.2) is 58.9 Å². The number of amides is 1. The molecule has 38 heavy (non-hydrogen) atoms. The number of hydrogen-bond acceptors (Lipinski definition) is 10. The number of para-hydroxylation sites is 1. The van der Waals surface area contributed by atoms with Gasteiger partial charge in [0, 0.05) is 12.0 Å². The average Bonchev–Trinajstić information content (AvgIpc) is 3.65. The van der Waals surface area contributed by atoms with E-state index in [0.717, 1.165) is 11.1 Å². The number of hydrogen-bond donors (Lipinski definition) is 1. The number of carbonyl (C=O) groups excluding carboxylic acids is 1. The molecule has 0 fully saturated rings. The first-order valence-corrected chi connectivity index (χ1v) is 15.3. The summed E-state index contributed by atoms with van der Waals surface area (Å²) in [5.41, 5.74) is 5.05. The second-order valence-electron chi connectivity index (χ2n) is 7.67. The molecule has 0 spiro atoms. The summed E-state index contributed by atoms with van der Waals surface area (Å²) in [7, 11) is 1.63. The van der Waals surface area contributed by atoms with Crippen molar-refractivity contribution in [2.45, 2.75) is 0 Å². The lowest BCUT2D eigenvalue weighted by Gasteiger charge is -2.11. The lowest BCUT2D eigenvalue weighted by molar-refractivity contribution is 0.0179. The zero-order valence-corrected chi connectivity index (χ0v) is 24.1. The van der Waals surface area contributed by atoms with Gasteiger partial charge in [0.15, 0.2) is 0 Å². The number of rotatable bonds is 14. The van der Waals surface area contributed by atoms with Crippen molar-refractivity contribution in [3.05, 3.63) is 89.9 Å². The van der Waals surface area contributed by atoms with Crippen LogP contribution in [0.4, 0.5) is 0 Å². The van der Waals surface area contributed by atoms with Gasteiger partial charge in [0.2, 0.25) is 0 Å². The fourth-order valence-electron chi connectivity index (χ4n) is 3.19. The molecule has 0 saturated heterocycles. The van der Waals surface area contributed by atoms with Gasteiger partial charge in [-0.3, -0.25) is 4.79 Å². The molecule has 0 aliphatic carbocycles. The molecule has 0 radical (unpaired) electrons. The Labute approximate surface area is 239 Å². The quantitative estimate of drug-likeness (QED) is 0.154. The molecule has 0 aromatic heterocycles. The number of nitrogens with one attached hydrogen (secondary N) is 1. The van der Waals surface area contributed by atoms with Crippen molar-refractivity contribution in [2.75, 3.05) is 46.8 Å². The first-order chi connectivity index (χ1) is 18.7. The van der Waals surface area contributed by atoms with Crippen LogP contribution in [0, 0.1) is 0 Å². The highest BCUT2D eigenvalue weighted by atomic mass is 32.2. The summed E-state index contributed by atoms with van der Waals surface area (Å²) in [4.78, 5) is 13.9. The van der Waals surface area contributed by atoms with Crippen LogP contribution in [0.1, 0.15) is 21.5 Å². The average molecular weight is 589 g/mol. The van der Waals surface area contributed by atoms with E-state index >= 15 is 0 Å². The molecule has 2 aliphatic rings. The van der Waals surface area contributed by atoms with E-state index in [2.05, 4.69) is 38.9 Å². The molecule has 7 nitrogen and oxygen atoms in total. The van der Waals surface area contributed by atoms with Crippen molar-refractivity contribution >= 4 is 64.1 Å². The predicted octanol–water partition coefficient (Wildman–Crippen LogP) is 6.37. The van der Waals surface area contributed by atoms with Crippen LogP contribution in [0.5, 0.6) is 5.75 Å². The first-order valence-electron chi connectivity index (χ1n) is 11.8. The van der Waals surface area contributed by atoms with Gasteiger partial charge in [-0.25, -0.2) is 5.43 Å². The Balaban J connectivity index is 1.21. The minimum atomic E-state index is -0.344. The van der Waals surface area contributed by atoms with Crippen LogP contribution in [0.2, 0.25) is 0 Å². The minimum Gasteiger partial charge on any atom is -0.490 e. The molecule has 0 saturated carbocycles. The molecule has 2 heterocycles. The Morgan fingerprint density at radius 3 is 2.34 bits per heavy atom. The fourth-order valence-corrected chi connectivity index (χ4v) is 7.67.